The molecule has 4 N–H and O–H groups in total. The van der Waals surface area contributed by atoms with E-state index in [1.807, 2.05) is 13.8 Å². The van der Waals surface area contributed by atoms with Crippen molar-refractivity contribution in [2.45, 2.75) is 20.4 Å². The number of nitrogens with one attached hydrogen (secondary N) is 2. The van der Waals surface area contributed by atoms with Gasteiger partial charge in [0.05, 0.1) is 18.7 Å². The van der Waals surface area contributed by atoms with Gasteiger partial charge in [-0.05, 0) is 35.7 Å². The average molecular weight is 406 g/mol. The topological polar surface area (TPSA) is 103 Å². The monoisotopic (exact) mass is 405 g/mol. The third-order valence-corrected chi connectivity index (χ3v) is 4.01. The van der Waals surface area contributed by atoms with E-state index in [1.165, 1.54) is 7.11 Å². The third kappa shape index (κ3) is 6.06. The highest BCUT2D eigenvalue weighted by molar-refractivity contribution is 6.32. The van der Waals surface area contributed by atoms with Gasteiger partial charge in [-0.3, -0.25) is 4.79 Å². The Balaban J connectivity index is 2.05. The maximum Gasteiger partial charge on any atom is 0.316 e. The smallest absolute Gasteiger partial charge is 0.316 e. The summed E-state index contributed by atoms with van der Waals surface area (Å²) >= 11 is 6.29. The summed E-state index contributed by atoms with van der Waals surface area (Å²) in [6, 6.07) is 9.48. The number of urea groups is 1. The summed E-state index contributed by atoms with van der Waals surface area (Å²) in [5.41, 5.74) is 6.87. The number of primary amides is 1. The zero-order valence-electron chi connectivity index (χ0n) is 16.0. The van der Waals surface area contributed by atoms with Crippen LogP contribution in [0.5, 0.6) is 11.5 Å². The average Bonchev–Trinajstić information content (AvgIpc) is 2.65. The number of anilines is 1. The first-order chi connectivity index (χ1) is 13.3. The van der Waals surface area contributed by atoms with Gasteiger partial charge >= 0.3 is 6.03 Å². The Bertz CT molecular complexity index is 838. The normalized spacial score (nSPS) is 10.5. The Kier molecular flexibility index (Phi) is 7.52. The number of nitrogens with two attached hydrogens (primary N) is 1. The van der Waals surface area contributed by atoms with Crippen LogP contribution < -0.4 is 25.8 Å². The van der Waals surface area contributed by atoms with E-state index in [0.29, 0.717) is 46.8 Å². The molecule has 0 aliphatic rings. The summed E-state index contributed by atoms with van der Waals surface area (Å²) in [4.78, 5) is 23.3. The fourth-order valence-electron chi connectivity index (χ4n) is 2.37. The van der Waals surface area contributed by atoms with Crippen molar-refractivity contribution in [2.24, 2.45) is 11.7 Å². The zero-order valence-corrected chi connectivity index (χ0v) is 16.8. The van der Waals surface area contributed by atoms with Crippen LogP contribution in [0.3, 0.4) is 0 Å². The molecule has 2 rings (SSSR count). The minimum absolute atomic E-state index is 0.296. The number of hydrogen-bond acceptors (Lipinski definition) is 4. The van der Waals surface area contributed by atoms with E-state index in [-0.39, 0.29) is 5.91 Å². The second-order valence-electron chi connectivity index (χ2n) is 6.56. The number of methoxy groups -OCH3 is 1. The molecule has 0 unspecified atom stereocenters. The predicted molar refractivity (Wildman–Crippen MR) is 109 cm³/mol. The molecule has 0 spiro atoms. The second kappa shape index (κ2) is 9.85. The lowest BCUT2D eigenvalue weighted by Gasteiger charge is -2.15. The fourth-order valence-corrected chi connectivity index (χ4v) is 2.64. The number of carbonyl (C=O) groups excluding carboxylic acids is 2. The second-order valence-corrected chi connectivity index (χ2v) is 6.97. The van der Waals surface area contributed by atoms with Gasteiger partial charge in [-0.1, -0.05) is 37.6 Å². The maximum atomic E-state index is 12.5. The van der Waals surface area contributed by atoms with E-state index >= 15 is 0 Å². The third-order valence-electron chi connectivity index (χ3n) is 3.73. The molecule has 0 radical (unpaired) electrons. The van der Waals surface area contributed by atoms with Crippen molar-refractivity contribution in [3.8, 4) is 11.5 Å². The Hall–Kier alpha value is -2.93. The molecule has 0 aromatic heterocycles. The van der Waals surface area contributed by atoms with Crippen molar-refractivity contribution in [2.75, 3.05) is 19.0 Å². The van der Waals surface area contributed by atoms with Crippen molar-refractivity contribution >= 4 is 29.2 Å². The molecule has 0 saturated heterocycles. The Morgan fingerprint density at radius 1 is 1.18 bits per heavy atom. The quantitative estimate of drug-likeness (QED) is 0.621. The minimum Gasteiger partial charge on any atom is -0.493 e. The lowest BCUT2D eigenvalue weighted by Crippen LogP contribution is -2.23. The van der Waals surface area contributed by atoms with Crippen LogP contribution in [-0.4, -0.2) is 25.7 Å². The molecule has 7 nitrogen and oxygen atoms in total. The largest absolute Gasteiger partial charge is 0.493 e. The SMILES string of the molecule is COc1cc(C(=O)NCc2ccc(NC(N)=O)cc2)cc(Cl)c1OCC(C)C. The Labute approximate surface area is 169 Å². The summed E-state index contributed by atoms with van der Waals surface area (Å²) in [5, 5.41) is 5.60. The van der Waals surface area contributed by atoms with E-state index in [4.69, 9.17) is 26.8 Å². The number of benzene rings is 2. The van der Waals surface area contributed by atoms with Gasteiger partial charge < -0.3 is 25.8 Å². The van der Waals surface area contributed by atoms with Gasteiger partial charge in [0, 0.05) is 17.8 Å². The van der Waals surface area contributed by atoms with Crippen LogP contribution in [0.4, 0.5) is 10.5 Å². The summed E-state index contributed by atoms with van der Waals surface area (Å²) in [6.45, 7) is 4.85. The highest BCUT2D eigenvalue weighted by atomic mass is 35.5. The first-order valence-corrected chi connectivity index (χ1v) is 9.12. The molecular weight excluding hydrogens is 382 g/mol. The zero-order chi connectivity index (χ0) is 20.7. The van der Waals surface area contributed by atoms with Crippen molar-refractivity contribution in [3.05, 3.63) is 52.5 Å². The summed E-state index contributed by atoms with van der Waals surface area (Å²) in [5.74, 6) is 0.857. The van der Waals surface area contributed by atoms with Crippen molar-refractivity contribution in [3.63, 3.8) is 0 Å². The van der Waals surface area contributed by atoms with E-state index in [0.717, 1.165) is 5.56 Å². The Morgan fingerprint density at radius 2 is 1.86 bits per heavy atom. The van der Waals surface area contributed by atoms with Crippen LogP contribution >= 0.6 is 11.6 Å². The van der Waals surface area contributed by atoms with Crippen molar-refractivity contribution in [1.82, 2.24) is 5.32 Å². The first-order valence-electron chi connectivity index (χ1n) is 8.74. The molecule has 0 fully saturated rings. The van der Waals surface area contributed by atoms with Gasteiger partial charge in [-0.2, -0.15) is 0 Å². The highest BCUT2D eigenvalue weighted by Crippen LogP contribution is 2.36. The van der Waals surface area contributed by atoms with Crippen LogP contribution in [-0.2, 0) is 6.54 Å². The molecule has 0 atom stereocenters. The standard InChI is InChI=1S/C20H24ClN3O4/c1-12(2)11-28-18-16(21)8-14(9-17(18)27-3)19(25)23-10-13-4-6-15(7-5-13)24-20(22)26/h4-9,12H,10-11H2,1-3H3,(H,23,25)(H3,22,24,26). The van der Waals surface area contributed by atoms with Crippen molar-refractivity contribution in [1.29, 1.82) is 0 Å². The van der Waals surface area contributed by atoms with Gasteiger partial charge in [0.2, 0.25) is 0 Å². The molecule has 2 aromatic rings. The molecule has 0 saturated carbocycles. The molecule has 28 heavy (non-hydrogen) atoms. The van der Waals surface area contributed by atoms with Gasteiger partial charge in [0.1, 0.15) is 0 Å². The summed E-state index contributed by atoms with van der Waals surface area (Å²) in [6.07, 6.45) is 0. The minimum atomic E-state index is -0.632. The number of rotatable bonds is 8. The maximum absolute atomic E-state index is 12.5. The molecule has 0 heterocycles. The van der Waals surface area contributed by atoms with E-state index in [2.05, 4.69) is 10.6 Å². The number of amides is 3. The van der Waals surface area contributed by atoms with Crippen LogP contribution in [0.15, 0.2) is 36.4 Å². The molecule has 8 heteroatoms. The molecule has 150 valence electrons. The van der Waals surface area contributed by atoms with Gasteiger partial charge in [-0.25, -0.2) is 4.79 Å². The summed E-state index contributed by atoms with van der Waals surface area (Å²) < 4.78 is 11.0. The summed E-state index contributed by atoms with van der Waals surface area (Å²) in [7, 11) is 1.50. The molecule has 2 aromatic carbocycles. The van der Waals surface area contributed by atoms with E-state index in [1.54, 1.807) is 36.4 Å². The van der Waals surface area contributed by atoms with Crippen molar-refractivity contribution < 1.29 is 19.1 Å². The van der Waals surface area contributed by atoms with Gasteiger partial charge in [-0.15, -0.1) is 0 Å². The lowest BCUT2D eigenvalue weighted by atomic mass is 10.1. The predicted octanol–water partition coefficient (Wildman–Crippen LogP) is 3.80. The van der Waals surface area contributed by atoms with E-state index in [9.17, 15) is 9.59 Å². The van der Waals surface area contributed by atoms with Gasteiger partial charge in [0.15, 0.2) is 11.5 Å². The molecule has 3 amide bonds. The van der Waals surface area contributed by atoms with E-state index < -0.39 is 6.03 Å². The highest BCUT2D eigenvalue weighted by Gasteiger charge is 2.16. The number of carbonyl (C=O) groups is 2. The lowest BCUT2D eigenvalue weighted by molar-refractivity contribution is 0.0950. The van der Waals surface area contributed by atoms with Crippen LogP contribution in [0.25, 0.3) is 0 Å². The molecular formula is C20H24ClN3O4. The Morgan fingerprint density at radius 3 is 2.43 bits per heavy atom. The first kappa shape index (κ1) is 21.4. The molecule has 0 bridgehead atoms. The van der Waals surface area contributed by atoms with Crippen LogP contribution in [0.1, 0.15) is 29.8 Å². The number of halogens is 1. The van der Waals surface area contributed by atoms with Gasteiger partial charge in [0.25, 0.3) is 5.91 Å². The molecule has 0 aliphatic heterocycles. The number of ether oxygens (including phenoxy) is 2. The molecule has 0 aliphatic carbocycles. The fraction of sp³-hybridized carbons (Fsp3) is 0.300. The van der Waals surface area contributed by atoms with Crippen LogP contribution in [0.2, 0.25) is 5.02 Å². The number of hydrogen-bond donors (Lipinski definition) is 3. The van der Waals surface area contributed by atoms with Crippen LogP contribution in [0, 0.1) is 5.92 Å².